The van der Waals surface area contributed by atoms with Crippen LogP contribution in [0.1, 0.15) is 12.5 Å². The van der Waals surface area contributed by atoms with Crippen LogP contribution in [0.4, 0.5) is 0 Å². The fraction of sp³-hybridized carbons (Fsp3) is 0.100. The van der Waals surface area contributed by atoms with E-state index < -0.39 is 5.97 Å². The maximum absolute atomic E-state index is 10.4. The van der Waals surface area contributed by atoms with E-state index >= 15 is 0 Å². The van der Waals surface area contributed by atoms with Gasteiger partial charge in [-0.25, -0.2) is 4.79 Å². The molecule has 0 aliphatic heterocycles. The number of benzene rings is 1. The second-order valence-electron chi connectivity index (χ2n) is 2.68. The molecule has 68 valence electrons. The molecule has 0 unspecified atom stereocenters. The molecule has 0 aliphatic carbocycles. The molecular weight excluding hydrogens is 279 g/mol. The van der Waals surface area contributed by atoms with Crippen LogP contribution in [0.5, 0.6) is 0 Å². The van der Waals surface area contributed by atoms with Crippen molar-refractivity contribution in [1.82, 2.24) is 0 Å². The Morgan fingerprint density at radius 3 is 2.77 bits per heavy atom. The second-order valence-corrected chi connectivity index (χ2v) is 3.92. The van der Waals surface area contributed by atoms with Gasteiger partial charge in [0.1, 0.15) is 0 Å². The largest absolute Gasteiger partial charge is 0.478 e. The van der Waals surface area contributed by atoms with Gasteiger partial charge in [0.15, 0.2) is 0 Å². The number of carboxylic acids is 1. The van der Waals surface area contributed by atoms with Crippen molar-refractivity contribution in [3.63, 3.8) is 0 Å². The lowest BCUT2D eigenvalue weighted by molar-refractivity contribution is -0.131. The Kier molecular flexibility index (Phi) is 3.48. The van der Waals surface area contributed by atoms with Gasteiger partial charge in [-0.05, 0) is 52.8 Å². The van der Waals surface area contributed by atoms with Gasteiger partial charge < -0.3 is 5.11 Å². The highest BCUT2D eigenvalue weighted by Crippen LogP contribution is 2.16. The molecule has 0 amide bonds. The Bertz CT molecular complexity index is 356. The van der Waals surface area contributed by atoms with Gasteiger partial charge in [-0.2, -0.15) is 0 Å². The minimum absolute atomic E-state index is 0.769. The molecule has 0 spiro atoms. The monoisotopic (exact) mass is 288 g/mol. The predicted octanol–water partition coefficient (Wildman–Crippen LogP) is 2.78. The van der Waals surface area contributed by atoms with E-state index in [9.17, 15) is 4.79 Å². The van der Waals surface area contributed by atoms with E-state index in [0.717, 1.165) is 14.7 Å². The van der Waals surface area contributed by atoms with Crippen molar-refractivity contribution in [1.29, 1.82) is 0 Å². The summed E-state index contributed by atoms with van der Waals surface area (Å²) in [5.74, 6) is -0.906. The average Bonchev–Trinajstić information content (AvgIpc) is 2.03. The summed E-state index contributed by atoms with van der Waals surface area (Å²) in [6, 6.07) is 7.74. The molecular formula is C10H9IO2. The molecule has 0 fully saturated rings. The van der Waals surface area contributed by atoms with Crippen molar-refractivity contribution in [2.24, 2.45) is 0 Å². The van der Waals surface area contributed by atoms with E-state index in [1.807, 2.05) is 24.3 Å². The molecule has 0 aromatic heterocycles. The van der Waals surface area contributed by atoms with Gasteiger partial charge in [0.25, 0.3) is 0 Å². The summed E-state index contributed by atoms with van der Waals surface area (Å²) in [6.07, 6.45) is 1.21. The van der Waals surface area contributed by atoms with Gasteiger partial charge >= 0.3 is 5.97 Å². The van der Waals surface area contributed by atoms with E-state index in [4.69, 9.17) is 5.11 Å². The number of carbonyl (C=O) groups is 1. The van der Waals surface area contributed by atoms with Crippen molar-refractivity contribution in [2.45, 2.75) is 6.92 Å². The Morgan fingerprint density at radius 1 is 1.54 bits per heavy atom. The summed E-state index contributed by atoms with van der Waals surface area (Å²) < 4.78 is 1.10. The van der Waals surface area contributed by atoms with Crippen molar-refractivity contribution >= 4 is 34.1 Å². The molecule has 0 heterocycles. The van der Waals surface area contributed by atoms with Gasteiger partial charge in [-0.1, -0.05) is 12.1 Å². The standard InChI is InChI=1S/C10H9IO2/c1-7(5-10(12)13)8-3-2-4-9(11)6-8/h2-6H,1H3,(H,12,13)/b7-5+. The predicted molar refractivity (Wildman–Crippen MR) is 60.4 cm³/mol. The Morgan fingerprint density at radius 2 is 2.23 bits per heavy atom. The van der Waals surface area contributed by atoms with E-state index in [2.05, 4.69) is 22.6 Å². The normalized spacial score (nSPS) is 11.4. The smallest absolute Gasteiger partial charge is 0.328 e. The number of allylic oxidation sites excluding steroid dienone is 1. The lowest BCUT2D eigenvalue weighted by Gasteiger charge is -2.00. The van der Waals surface area contributed by atoms with Gasteiger partial charge in [-0.3, -0.25) is 0 Å². The summed E-state index contributed by atoms with van der Waals surface area (Å²) in [5.41, 5.74) is 1.72. The van der Waals surface area contributed by atoms with Crippen molar-refractivity contribution < 1.29 is 9.90 Å². The highest BCUT2D eigenvalue weighted by atomic mass is 127. The van der Waals surface area contributed by atoms with Crippen LogP contribution < -0.4 is 0 Å². The number of hydrogen-bond donors (Lipinski definition) is 1. The lowest BCUT2D eigenvalue weighted by atomic mass is 10.1. The van der Waals surface area contributed by atoms with Crippen molar-refractivity contribution in [3.8, 4) is 0 Å². The molecule has 0 atom stereocenters. The summed E-state index contributed by atoms with van der Waals surface area (Å²) in [5, 5.41) is 8.54. The van der Waals surface area contributed by atoms with E-state index in [1.54, 1.807) is 6.92 Å². The molecule has 1 aromatic rings. The molecule has 1 rings (SSSR count). The Labute approximate surface area is 90.4 Å². The molecule has 0 saturated carbocycles. The minimum atomic E-state index is -0.906. The molecule has 2 nitrogen and oxygen atoms in total. The van der Waals surface area contributed by atoms with Crippen LogP contribution >= 0.6 is 22.6 Å². The van der Waals surface area contributed by atoms with Crippen LogP contribution in [-0.4, -0.2) is 11.1 Å². The molecule has 0 saturated heterocycles. The summed E-state index contributed by atoms with van der Waals surface area (Å²) in [4.78, 5) is 10.4. The van der Waals surface area contributed by atoms with Gasteiger partial charge in [0.2, 0.25) is 0 Å². The quantitative estimate of drug-likeness (QED) is 0.671. The van der Waals surface area contributed by atoms with E-state index in [-0.39, 0.29) is 0 Å². The van der Waals surface area contributed by atoms with Gasteiger partial charge in [0, 0.05) is 9.65 Å². The number of aliphatic carboxylic acids is 1. The topological polar surface area (TPSA) is 37.3 Å². The van der Waals surface area contributed by atoms with E-state index in [0.29, 0.717) is 0 Å². The van der Waals surface area contributed by atoms with Crippen LogP contribution in [0.3, 0.4) is 0 Å². The minimum Gasteiger partial charge on any atom is -0.478 e. The lowest BCUT2D eigenvalue weighted by Crippen LogP contribution is -1.90. The maximum Gasteiger partial charge on any atom is 0.328 e. The highest BCUT2D eigenvalue weighted by Gasteiger charge is 1.98. The first kappa shape index (κ1) is 10.2. The van der Waals surface area contributed by atoms with Crippen LogP contribution in [0.15, 0.2) is 30.3 Å². The fourth-order valence-electron chi connectivity index (χ4n) is 1.00. The zero-order valence-electron chi connectivity index (χ0n) is 7.12. The third-order valence-electron chi connectivity index (χ3n) is 1.62. The Hall–Kier alpha value is -0.840. The van der Waals surface area contributed by atoms with Crippen LogP contribution in [0.2, 0.25) is 0 Å². The average molecular weight is 288 g/mol. The molecule has 1 aromatic carbocycles. The summed E-state index contributed by atoms with van der Waals surface area (Å²) in [6.45, 7) is 1.79. The summed E-state index contributed by atoms with van der Waals surface area (Å²) in [7, 11) is 0. The molecule has 0 aliphatic rings. The third kappa shape index (κ3) is 3.18. The SMILES string of the molecule is C/C(=C\C(=O)O)c1cccc(I)c1. The number of carboxylic acid groups (broad SMARTS) is 1. The van der Waals surface area contributed by atoms with E-state index in [1.165, 1.54) is 6.08 Å². The first-order chi connectivity index (χ1) is 6.09. The van der Waals surface area contributed by atoms with Crippen molar-refractivity contribution in [2.75, 3.05) is 0 Å². The molecule has 0 bridgehead atoms. The first-order valence-corrected chi connectivity index (χ1v) is 4.84. The maximum atomic E-state index is 10.4. The fourth-order valence-corrected chi connectivity index (χ4v) is 1.55. The molecule has 0 radical (unpaired) electrons. The number of halogens is 1. The van der Waals surface area contributed by atoms with Crippen molar-refractivity contribution in [3.05, 3.63) is 39.5 Å². The van der Waals surface area contributed by atoms with Gasteiger partial charge in [-0.15, -0.1) is 0 Å². The Balaban J connectivity index is 3.02. The molecule has 13 heavy (non-hydrogen) atoms. The highest BCUT2D eigenvalue weighted by molar-refractivity contribution is 14.1. The van der Waals surface area contributed by atoms with Crippen LogP contribution in [0, 0.1) is 3.57 Å². The van der Waals surface area contributed by atoms with Crippen LogP contribution in [0.25, 0.3) is 5.57 Å². The number of rotatable bonds is 2. The first-order valence-electron chi connectivity index (χ1n) is 3.77. The second kappa shape index (κ2) is 4.41. The van der Waals surface area contributed by atoms with Gasteiger partial charge in [0.05, 0.1) is 0 Å². The molecule has 1 N–H and O–H groups in total. The van der Waals surface area contributed by atoms with Crippen LogP contribution in [-0.2, 0) is 4.79 Å². The molecule has 3 heteroatoms. The zero-order chi connectivity index (χ0) is 9.84. The third-order valence-corrected chi connectivity index (χ3v) is 2.29. The zero-order valence-corrected chi connectivity index (χ0v) is 9.28. The summed E-state index contributed by atoms with van der Waals surface area (Å²) >= 11 is 2.20. The number of hydrogen-bond acceptors (Lipinski definition) is 1.